The van der Waals surface area contributed by atoms with E-state index in [1.165, 1.54) is 6.26 Å². The summed E-state index contributed by atoms with van der Waals surface area (Å²) in [4.78, 5) is 23.6. The molecule has 3 nitrogen and oxygen atoms in total. The highest BCUT2D eigenvalue weighted by atomic mass is 16.3. The summed E-state index contributed by atoms with van der Waals surface area (Å²) in [6.07, 6.45) is 2.16. The van der Waals surface area contributed by atoms with Crippen LogP contribution in [0.1, 0.15) is 26.5 Å². The van der Waals surface area contributed by atoms with Crippen molar-refractivity contribution in [2.45, 2.75) is 0 Å². The second-order valence-corrected chi connectivity index (χ2v) is 4.17. The normalized spacial score (nSPS) is 10.5. The largest absolute Gasteiger partial charge is 0.461 e. The van der Waals surface area contributed by atoms with Crippen LogP contribution in [0.4, 0.5) is 0 Å². The topological polar surface area (TPSA) is 47.3 Å². The van der Waals surface area contributed by atoms with Crippen molar-refractivity contribution in [1.82, 2.24) is 0 Å². The molecule has 0 aliphatic rings. The third-order valence-corrected chi connectivity index (χ3v) is 3.08. The first-order valence-electron chi connectivity index (χ1n) is 5.86. The SMILES string of the molecule is O=Cc1c(C(=O)c2ccco2)ccc2ccccc12. The summed E-state index contributed by atoms with van der Waals surface area (Å²) in [6, 6.07) is 14.2. The van der Waals surface area contributed by atoms with Crippen molar-refractivity contribution >= 4 is 22.8 Å². The Morgan fingerprint density at radius 3 is 2.58 bits per heavy atom. The lowest BCUT2D eigenvalue weighted by Gasteiger charge is -2.06. The first-order chi connectivity index (χ1) is 9.31. The Morgan fingerprint density at radius 1 is 1.00 bits per heavy atom. The number of fused-ring (bicyclic) bond motifs is 1. The van der Waals surface area contributed by atoms with Gasteiger partial charge in [0.15, 0.2) is 12.0 Å². The molecule has 19 heavy (non-hydrogen) atoms. The number of benzene rings is 2. The zero-order valence-corrected chi connectivity index (χ0v) is 10.00. The van der Waals surface area contributed by atoms with Gasteiger partial charge in [0.1, 0.15) is 0 Å². The molecule has 0 saturated carbocycles. The fourth-order valence-electron chi connectivity index (χ4n) is 2.16. The van der Waals surface area contributed by atoms with Crippen LogP contribution in [-0.4, -0.2) is 12.1 Å². The van der Waals surface area contributed by atoms with E-state index in [9.17, 15) is 9.59 Å². The first kappa shape index (κ1) is 11.4. The Morgan fingerprint density at radius 2 is 1.84 bits per heavy atom. The molecule has 0 aliphatic carbocycles. The fourth-order valence-corrected chi connectivity index (χ4v) is 2.16. The van der Waals surface area contributed by atoms with Gasteiger partial charge in [0, 0.05) is 11.1 Å². The maximum Gasteiger partial charge on any atom is 0.228 e. The molecule has 0 radical (unpaired) electrons. The summed E-state index contributed by atoms with van der Waals surface area (Å²) in [6.45, 7) is 0. The Bertz CT molecular complexity index is 755. The second-order valence-electron chi connectivity index (χ2n) is 4.17. The van der Waals surface area contributed by atoms with Crippen molar-refractivity contribution < 1.29 is 14.0 Å². The summed E-state index contributed by atoms with van der Waals surface area (Å²) in [5.41, 5.74) is 0.767. The van der Waals surface area contributed by atoms with Crippen LogP contribution in [0, 0.1) is 0 Å². The highest BCUT2D eigenvalue weighted by molar-refractivity contribution is 6.15. The molecule has 3 aromatic rings. The standard InChI is InChI=1S/C16H10O3/c17-10-14-12-5-2-1-4-11(12)7-8-13(14)16(18)15-6-3-9-19-15/h1-10H. The van der Waals surface area contributed by atoms with Gasteiger partial charge in [-0.2, -0.15) is 0 Å². The zero-order chi connectivity index (χ0) is 13.2. The van der Waals surface area contributed by atoms with Crippen LogP contribution in [0.2, 0.25) is 0 Å². The van der Waals surface area contributed by atoms with E-state index in [1.54, 1.807) is 18.2 Å². The minimum absolute atomic E-state index is 0.235. The number of rotatable bonds is 3. The number of carbonyl (C=O) groups is 2. The van der Waals surface area contributed by atoms with Gasteiger partial charge in [-0.05, 0) is 29.0 Å². The highest BCUT2D eigenvalue weighted by Gasteiger charge is 2.17. The summed E-state index contributed by atoms with van der Waals surface area (Å²) in [5, 5.41) is 1.70. The average molecular weight is 250 g/mol. The van der Waals surface area contributed by atoms with Crippen LogP contribution in [0.5, 0.6) is 0 Å². The quantitative estimate of drug-likeness (QED) is 0.528. The van der Waals surface area contributed by atoms with Crippen molar-refractivity contribution in [1.29, 1.82) is 0 Å². The van der Waals surface area contributed by atoms with Gasteiger partial charge in [-0.15, -0.1) is 0 Å². The van der Waals surface area contributed by atoms with E-state index in [4.69, 9.17) is 4.42 Å². The molecule has 2 aromatic carbocycles. The maximum atomic E-state index is 12.3. The molecule has 3 heteroatoms. The lowest BCUT2D eigenvalue weighted by atomic mass is 9.96. The lowest BCUT2D eigenvalue weighted by molar-refractivity contribution is 0.100. The van der Waals surface area contributed by atoms with Crippen LogP contribution in [0.25, 0.3) is 10.8 Å². The Balaban J connectivity index is 2.24. The van der Waals surface area contributed by atoms with Crippen molar-refractivity contribution in [3.05, 3.63) is 71.7 Å². The fraction of sp³-hybridized carbons (Fsp3) is 0. The van der Waals surface area contributed by atoms with E-state index in [-0.39, 0.29) is 11.5 Å². The molecule has 0 atom stereocenters. The van der Waals surface area contributed by atoms with Crippen LogP contribution >= 0.6 is 0 Å². The number of carbonyl (C=O) groups excluding carboxylic acids is 2. The third-order valence-electron chi connectivity index (χ3n) is 3.08. The Kier molecular flexibility index (Phi) is 2.72. The number of ketones is 1. The number of aldehydes is 1. The maximum absolute atomic E-state index is 12.3. The summed E-state index contributed by atoms with van der Waals surface area (Å²) in [5.74, 6) is -0.0452. The molecule has 92 valence electrons. The number of furan rings is 1. The Hall–Kier alpha value is -2.68. The smallest absolute Gasteiger partial charge is 0.228 e. The average Bonchev–Trinajstić information content (AvgIpc) is 2.99. The van der Waals surface area contributed by atoms with Gasteiger partial charge >= 0.3 is 0 Å². The van der Waals surface area contributed by atoms with E-state index in [2.05, 4.69) is 0 Å². The van der Waals surface area contributed by atoms with E-state index in [0.29, 0.717) is 11.1 Å². The molecule has 0 saturated heterocycles. The van der Waals surface area contributed by atoms with E-state index in [0.717, 1.165) is 17.1 Å². The van der Waals surface area contributed by atoms with Crippen molar-refractivity contribution in [2.75, 3.05) is 0 Å². The first-order valence-corrected chi connectivity index (χ1v) is 5.86. The molecule has 0 aliphatic heterocycles. The minimum Gasteiger partial charge on any atom is -0.461 e. The van der Waals surface area contributed by atoms with Crippen molar-refractivity contribution in [2.24, 2.45) is 0 Å². The van der Waals surface area contributed by atoms with E-state index < -0.39 is 0 Å². The molecule has 1 aromatic heterocycles. The second kappa shape index (κ2) is 4.53. The molecular weight excluding hydrogens is 240 g/mol. The predicted molar refractivity (Wildman–Crippen MR) is 71.5 cm³/mol. The molecule has 0 fully saturated rings. The molecule has 0 unspecified atom stereocenters. The van der Waals surface area contributed by atoms with Gasteiger partial charge < -0.3 is 4.42 Å². The van der Waals surface area contributed by atoms with Crippen LogP contribution in [0.3, 0.4) is 0 Å². The number of hydrogen-bond acceptors (Lipinski definition) is 3. The molecule has 0 spiro atoms. The van der Waals surface area contributed by atoms with Gasteiger partial charge in [-0.3, -0.25) is 9.59 Å². The Labute approximate surface area is 109 Å². The number of hydrogen-bond donors (Lipinski definition) is 0. The zero-order valence-electron chi connectivity index (χ0n) is 10.00. The lowest BCUT2D eigenvalue weighted by Crippen LogP contribution is -2.04. The van der Waals surface area contributed by atoms with Crippen LogP contribution in [0.15, 0.2) is 59.2 Å². The molecule has 0 bridgehead atoms. The molecule has 1 heterocycles. The third kappa shape index (κ3) is 1.85. The van der Waals surface area contributed by atoms with Gasteiger partial charge in [0.05, 0.1) is 6.26 Å². The van der Waals surface area contributed by atoms with Crippen LogP contribution in [-0.2, 0) is 0 Å². The van der Waals surface area contributed by atoms with Crippen molar-refractivity contribution in [3.8, 4) is 0 Å². The summed E-state index contributed by atoms with van der Waals surface area (Å²) < 4.78 is 5.10. The van der Waals surface area contributed by atoms with Gasteiger partial charge in [-0.25, -0.2) is 0 Å². The van der Waals surface area contributed by atoms with E-state index >= 15 is 0 Å². The highest BCUT2D eigenvalue weighted by Crippen LogP contribution is 2.23. The van der Waals surface area contributed by atoms with Gasteiger partial charge in [0.2, 0.25) is 5.78 Å². The summed E-state index contributed by atoms with van der Waals surface area (Å²) >= 11 is 0. The minimum atomic E-state index is -0.280. The van der Waals surface area contributed by atoms with E-state index in [1.807, 2.05) is 30.3 Å². The van der Waals surface area contributed by atoms with Gasteiger partial charge in [0.25, 0.3) is 0 Å². The monoisotopic (exact) mass is 250 g/mol. The molecular formula is C16H10O3. The molecule has 0 N–H and O–H groups in total. The molecule has 3 rings (SSSR count). The van der Waals surface area contributed by atoms with Crippen LogP contribution < -0.4 is 0 Å². The summed E-state index contributed by atoms with van der Waals surface area (Å²) in [7, 11) is 0. The van der Waals surface area contributed by atoms with Gasteiger partial charge in [-0.1, -0.05) is 30.3 Å². The predicted octanol–water partition coefficient (Wildman–Crippen LogP) is 3.48. The van der Waals surface area contributed by atoms with Crippen molar-refractivity contribution in [3.63, 3.8) is 0 Å². The molecule has 0 amide bonds.